The van der Waals surface area contributed by atoms with Gasteiger partial charge in [0.25, 0.3) is 0 Å². The van der Waals surface area contributed by atoms with Crippen molar-refractivity contribution in [2.45, 2.75) is 32.6 Å². The maximum Gasteiger partial charge on any atom is 0.333 e. The minimum absolute atomic E-state index is 0.316. The summed E-state index contributed by atoms with van der Waals surface area (Å²) in [6.45, 7) is 6.33. The molecule has 4 heteroatoms. The van der Waals surface area contributed by atoms with E-state index in [4.69, 9.17) is 14.7 Å². The van der Waals surface area contributed by atoms with Crippen LogP contribution in [-0.2, 0) is 9.53 Å². The summed E-state index contributed by atoms with van der Waals surface area (Å²) in [4.78, 5) is 11.2. The molecule has 0 aromatic heterocycles. The van der Waals surface area contributed by atoms with Gasteiger partial charge in [0.15, 0.2) is 0 Å². The molecule has 0 fully saturated rings. The number of hydrogen-bond donors (Lipinski definition) is 0. The topological polar surface area (TPSA) is 59.3 Å². The van der Waals surface area contributed by atoms with Crippen molar-refractivity contribution in [3.05, 3.63) is 77.4 Å². The Kier molecular flexibility index (Phi) is 9.24. The van der Waals surface area contributed by atoms with E-state index in [1.54, 1.807) is 6.92 Å². The number of unbranched alkanes of at least 4 members (excludes halogenated alkanes) is 3. The molecule has 0 radical (unpaired) electrons. The van der Waals surface area contributed by atoms with Gasteiger partial charge in [-0.15, -0.1) is 0 Å². The van der Waals surface area contributed by atoms with Crippen molar-refractivity contribution in [3.8, 4) is 11.8 Å². The number of ether oxygens (including phenoxy) is 2. The Morgan fingerprint density at radius 2 is 1.48 bits per heavy atom. The quantitative estimate of drug-likeness (QED) is 0.211. The van der Waals surface area contributed by atoms with E-state index >= 15 is 0 Å². The molecule has 29 heavy (non-hydrogen) atoms. The van der Waals surface area contributed by atoms with Gasteiger partial charge in [0, 0.05) is 5.57 Å². The zero-order valence-electron chi connectivity index (χ0n) is 16.9. The van der Waals surface area contributed by atoms with Crippen molar-refractivity contribution >= 4 is 18.1 Å². The molecule has 0 bridgehead atoms. The predicted molar refractivity (Wildman–Crippen MR) is 116 cm³/mol. The third-order valence-electron chi connectivity index (χ3n) is 4.28. The molecule has 0 unspecified atom stereocenters. The number of carbonyl (C=O) groups is 1. The van der Waals surface area contributed by atoms with E-state index in [-0.39, 0.29) is 5.97 Å². The average molecular weight is 389 g/mol. The van der Waals surface area contributed by atoms with Crippen LogP contribution in [0.5, 0.6) is 5.75 Å². The van der Waals surface area contributed by atoms with Crippen LogP contribution >= 0.6 is 0 Å². The fourth-order valence-electron chi connectivity index (χ4n) is 2.57. The molecule has 0 aliphatic rings. The Labute approximate surface area is 173 Å². The highest BCUT2D eigenvalue weighted by Gasteiger charge is 2.02. The zero-order valence-corrected chi connectivity index (χ0v) is 16.9. The molecule has 0 heterocycles. The standard InChI is InChI=1S/C25H27NO3/c1-20(2)25(27)29-18-6-4-3-5-17-28-24-15-13-22(14-16-24)8-7-21-9-11-23(19-26)12-10-21/h7-16H,1,3-6,17-18H2,2H3. The molecule has 2 rings (SSSR count). The molecule has 150 valence electrons. The van der Waals surface area contributed by atoms with Crippen molar-refractivity contribution in [3.63, 3.8) is 0 Å². The van der Waals surface area contributed by atoms with E-state index in [2.05, 4.69) is 12.6 Å². The van der Waals surface area contributed by atoms with Crippen molar-refractivity contribution in [1.29, 1.82) is 5.26 Å². The third kappa shape index (κ3) is 8.49. The summed E-state index contributed by atoms with van der Waals surface area (Å²) in [5.41, 5.74) is 3.24. The smallest absolute Gasteiger partial charge is 0.333 e. The van der Waals surface area contributed by atoms with Crippen molar-refractivity contribution < 1.29 is 14.3 Å². The van der Waals surface area contributed by atoms with Crippen molar-refractivity contribution in [2.24, 2.45) is 0 Å². The van der Waals surface area contributed by atoms with Gasteiger partial charge in [-0.3, -0.25) is 0 Å². The molecule has 0 saturated carbocycles. The lowest BCUT2D eigenvalue weighted by molar-refractivity contribution is -0.139. The van der Waals surface area contributed by atoms with E-state index in [0.717, 1.165) is 42.6 Å². The normalized spacial score (nSPS) is 10.5. The Bertz CT molecular complexity index is 858. The Morgan fingerprint density at radius 1 is 0.931 bits per heavy atom. The summed E-state index contributed by atoms with van der Waals surface area (Å²) < 4.78 is 10.8. The molecule has 2 aromatic carbocycles. The highest BCUT2D eigenvalue weighted by atomic mass is 16.5. The van der Waals surface area contributed by atoms with Crippen LogP contribution in [-0.4, -0.2) is 19.2 Å². The van der Waals surface area contributed by atoms with Crippen LogP contribution in [0, 0.1) is 11.3 Å². The van der Waals surface area contributed by atoms with Gasteiger partial charge >= 0.3 is 5.97 Å². The van der Waals surface area contributed by atoms with E-state index in [1.807, 2.05) is 60.7 Å². The first-order valence-electron chi connectivity index (χ1n) is 9.82. The molecule has 0 atom stereocenters. The van der Waals surface area contributed by atoms with Gasteiger partial charge in [0.05, 0.1) is 24.8 Å². The van der Waals surface area contributed by atoms with Crippen LogP contribution in [0.3, 0.4) is 0 Å². The molecule has 0 spiro atoms. The molecule has 0 aliphatic carbocycles. The number of hydrogen-bond acceptors (Lipinski definition) is 4. The predicted octanol–water partition coefficient (Wildman–Crippen LogP) is 5.79. The Hall–Kier alpha value is -3.32. The van der Waals surface area contributed by atoms with Gasteiger partial charge in [-0.25, -0.2) is 4.79 Å². The third-order valence-corrected chi connectivity index (χ3v) is 4.28. The second kappa shape index (κ2) is 12.2. The lowest BCUT2D eigenvalue weighted by Crippen LogP contribution is -2.06. The summed E-state index contributed by atoms with van der Waals surface area (Å²) in [7, 11) is 0. The molecular formula is C25H27NO3. The number of nitriles is 1. The maximum atomic E-state index is 11.2. The number of rotatable bonds is 11. The van der Waals surface area contributed by atoms with Crippen molar-refractivity contribution in [1.82, 2.24) is 0 Å². The average Bonchev–Trinajstić information content (AvgIpc) is 2.75. The van der Waals surface area contributed by atoms with Gasteiger partial charge in [-0.05, 0) is 68.0 Å². The molecule has 0 amide bonds. The number of benzene rings is 2. The minimum Gasteiger partial charge on any atom is -0.494 e. The monoisotopic (exact) mass is 389 g/mol. The van der Waals surface area contributed by atoms with Crippen LogP contribution in [0.4, 0.5) is 0 Å². The number of carbonyl (C=O) groups excluding carboxylic acids is 1. The first kappa shape index (κ1) is 22.0. The molecule has 0 saturated heterocycles. The van der Waals surface area contributed by atoms with Crippen LogP contribution in [0.2, 0.25) is 0 Å². The molecule has 0 aliphatic heterocycles. The van der Waals surface area contributed by atoms with E-state index in [0.29, 0.717) is 24.4 Å². The van der Waals surface area contributed by atoms with E-state index < -0.39 is 0 Å². The highest BCUT2D eigenvalue weighted by Crippen LogP contribution is 2.15. The van der Waals surface area contributed by atoms with Gasteiger partial charge in [-0.2, -0.15) is 5.26 Å². The number of nitrogens with zero attached hydrogens (tertiary/aromatic N) is 1. The van der Waals surface area contributed by atoms with E-state index in [1.165, 1.54) is 0 Å². The summed E-state index contributed by atoms with van der Waals surface area (Å²) in [5, 5.41) is 8.82. The lowest BCUT2D eigenvalue weighted by atomic mass is 10.1. The van der Waals surface area contributed by atoms with Crippen LogP contribution < -0.4 is 4.74 Å². The largest absolute Gasteiger partial charge is 0.494 e. The van der Waals surface area contributed by atoms with Crippen molar-refractivity contribution in [2.75, 3.05) is 13.2 Å². The fourth-order valence-corrected chi connectivity index (χ4v) is 2.57. The fraction of sp³-hybridized carbons (Fsp3) is 0.280. The van der Waals surface area contributed by atoms with Gasteiger partial charge in [0.2, 0.25) is 0 Å². The Morgan fingerprint density at radius 3 is 2.03 bits per heavy atom. The van der Waals surface area contributed by atoms with E-state index in [9.17, 15) is 4.79 Å². The van der Waals surface area contributed by atoms with Crippen LogP contribution in [0.15, 0.2) is 60.7 Å². The second-order valence-corrected chi connectivity index (χ2v) is 6.82. The molecule has 2 aromatic rings. The minimum atomic E-state index is -0.316. The highest BCUT2D eigenvalue weighted by molar-refractivity contribution is 5.86. The molecule has 4 nitrogen and oxygen atoms in total. The second-order valence-electron chi connectivity index (χ2n) is 6.82. The first-order chi connectivity index (χ1) is 14.1. The number of esters is 1. The lowest BCUT2D eigenvalue weighted by Gasteiger charge is -2.07. The van der Waals surface area contributed by atoms with Crippen LogP contribution in [0.25, 0.3) is 12.2 Å². The maximum absolute atomic E-state index is 11.2. The molecule has 0 N–H and O–H groups in total. The SMILES string of the molecule is C=C(C)C(=O)OCCCCCCOc1ccc(C=Cc2ccc(C#N)cc2)cc1. The summed E-state index contributed by atoms with van der Waals surface area (Å²) >= 11 is 0. The van der Waals surface area contributed by atoms with Gasteiger partial charge in [-0.1, -0.05) is 43.0 Å². The molecular weight excluding hydrogens is 362 g/mol. The van der Waals surface area contributed by atoms with Crippen LogP contribution in [0.1, 0.15) is 49.3 Å². The summed E-state index contributed by atoms with van der Waals surface area (Å²) in [6, 6.07) is 17.6. The zero-order chi connectivity index (χ0) is 20.9. The van der Waals surface area contributed by atoms with Gasteiger partial charge < -0.3 is 9.47 Å². The Balaban J connectivity index is 1.62. The van der Waals surface area contributed by atoms with Gasteiger partial charge in [0.1, 0.15) is 5.75 Å². The summed E-state index contributed by atoms with van der Waals surface area (Å²) in [5.74, 6) is 0.541. The summed E-state index contributed by atoms with van der Waals surface area (Å²) in [6.07, 6.45) is 7.92. The first-order valence-corrected chi connectivity index (χ1v) is 9.82.